The summed E-state index contributed by atoms with van der Waals surface area (Å²) >= 11 is 0. The quantitative estimate of drug-likeness (QED) is 0.914. The third-order valence-corrected chi connectivity index (χ3v) is 4.18. The second kappa shape index (κ2) is 5.79. The number of aliphatic carboxylic acids is 1. The molecule has 5 nitrogen and oxygen atoms in total. The lowest BCUT2D eigenvalue weighted by Crippen LogP contribution is -2.48. The minimum absolute atomic E-state index is 0.0766. The van der Waals surface area contributed by atoms with Crippen LogP contribution in [0.25, 0.3) is 10.9 Å². The molecule has 116 valence electrons. The number of H-pyrrole nitrogens is 1. The molecule has 1 aliphatic heterocycles. The van der Waals surface area contributed by atoms with E-state index in [1.165, 1.54) is 17.0 Å². The fraction of sp³-hybridized carbons (Fsp3) is 0.375. The molecule has 2 aromatic rings. The molecule has 6 heteroatoms. The van der Waals surface area contributed by atoms with Crippen LogP contribution in [0.5, 0.6) is 0 Å². The zero-order chi connectivity index (χ0) is 15.7. The Kier molecular flexibility index (Phi) is 3.83. The first kappa shape index (κ1) is 14.6. The number of carbonyl (C=O) groups is 2. The highest BCUT2D eigenvalue weighted by Gasteiger charge is 2.31. The number of likely N-dealkylation sites (tertiary alicyclic amines) is 1. The molecule has 1 fully saturated rings. The molecule has 0 spiro atoms. The maximum Gasteiger partial charge on any atom is 0.326 e. The molecule has 0 unspecified atom stereocenters. The van der Waals surface area contributed by atoms with Crippen molar-refractivity contribution in [1.82, 2.24) is 9.88 Å². The molecule has 3 rings (SSSR count). The molecule has 0 radical (unpaired) electrons. The van der Waals surface area contributed by atoms with Crippen molar-refractivity contribution in [2.45, 2.75) is 31.7 Å². The topological polar surface area (TPSA) is 73.4 Å². The van der Waals surface area contributed by atoms with Gasteiger partial charge in [0.1, 0.15) is 11.9 Å². The number of fused-ring (bicyclic) bond motifs is 1. The minimum atomic E-state index is -0.960. The molecule has 2 N–H and O–H groups in total. The van der Waals surface area contributed by atoms with E-state index in [0.717, 1.165) is 18.4 Å². The van der Waals surface area contributed by atoms with E-state index in [2.05, 4.69) is 4.98 Å². The van der Waals surface area contributed by atoms with Gasteiger partial charge in [0, 0.05) is 23.6 Å². The van der Waals surface area contributed by atoms with Crippen molar-refractivity contribution in [1.29, 1.82) is 0 Å². The van der Waals surface area contributed by atoms with Crippen LogP contribution >= 0.6 is 0 Å². The van der Waals surface area contributed by atoms with Crippen molar-refractivity contribution in [2.75, 3.05) is 6.54 Å². The summed E-state index contributed by atoms with van der Waals surface area (Å²) in [6, 6.07) is 3.62. The minimum Gasteiger partial charge on any atom is -0.480 e. The largest absolute Gasteiger partial charge is 0.480 e. The van der Waals surface area contributed by atoms with Gasteiger partial charge in [0.05, 0.1) is 6.42 Å². The van der Waals surface area contributed by atoms with Crippen LogP contribution in [0, 0.1) is 5.82 Å². The fourth-order valence-corrected chi connectivity index (χ4v) is 3.05. The number of rotatable bonds is 3. The number of halogens is 1. The van der Waals surface area contributed by atoms with E-state index in [1.54, 1.807) is 12.3 Å². The van der Waals surface area contributed by atoms with Crippen molar-refractivity contribution < 1.29 is 19.1 Å². The number of aromatic nitrogens is 1. The van der Waals surface area contributed by atoms with Crippen LogP contribution in [-0.2, 0) is 16.0 Å². The smallest absolute Gasteiger partial charge is 0.326 e. The van der Waals surface area contributed by atoms with Gasteiger partial charge in [-0.25, -0.2) is 9.18 Å². The second-order valence-electron chi connectivity index (χ2n) is 5.62. The number of hydrogen-bond donors (Lipinski definition) is 2. The number of carbonyl (C=O) groups excluding carboxylic acids is 1. The summed E-state index contributed by atoms with van der Waals surface area (Å²) < 4.78 is 13.4. The van der Waals surface area contributed by atoms with E-state index in [9.17, 15) is 19.1 Å². The molecular weight excluding hydrogens is 287 g/mol. The van der Waals surface area contributed by atoms with Crippen molar-refractivity contribution in [3.05, 3.63) is 35.8 Å². The zero-order valence-corrected chi connectivity index (χ0v) is 12.0. The van der Waals surface area contributed by atoms with Gasteiger partial charge in [0.25, 0.3) is 0 Å². The summed E-state index contributed by atoms with van der Waals surface area (Å²) in [5.41, 5.74) is 1.45. The molecule has 1 aliphatic rings. The molecule has 1 atom stereocenters. The Bertz CT molecular complexity index is 725. The van der Waals surface area contributed by atoms with Crippen LogP contribution in [0.15, 0.2) is 24.4 Å². The molecule has 0 saturated carbocycles. The molecule has 1 amide bonds. The number of amides is 1. The van der Waals surface area contributed by atoms with Crippen LogP contribution in [0.3, 0.4) is 0 Å². The summed E-state index contributed by atoms with van der Waals surface area (Å²) in [5, 5.41) is 9.91. The van der Waals surface area contributed by atoms with Gasteiger partial charge in [-0.05, 0) is 43.0 Å². The molecule has 1 aromatic carbocycles. The van der Waals surface area contributed by atoms with E-state index in [1.807, 2.05) is 0 Å². The lowest BCUT2D eigenvalue weighted by Gasteiger charge is -2.33. The number of aromatic amines is 1. The third-order valence-electron chi connectivity index (χ3n) is 4.18. The second-order valence-corrected chi connectivity index (χ2v) is 5.62. The number of hydrogen-bond acceptors (Lipinski definition) is 2. The summed E-state index contributed by atoms with van der Waals surface area (Å²) in [5.74, 6) is -1.54. The molecule has 22 heavy (non-hydrogen) atoms. The average molecular weight is 304 g/mol. The standard InChI is InChI=1S/C16H17FN2O3/c17-11-4-5-13-12(8-11)10(9-18-13)7-15(20)19-6-2-1-3-14(19)16(21)22/h4-5,8-9,14,18H,1-3,6-7H2,(H,21,22)/t14-/m1/s1. The number of benzene rings is 1. The van der Waals surface area contributed by atoms with Crippen LogP contribution in [0.1, 0.15) is 24.8 Å². The van der Waals surface area contributed by atoms with Crippen LogP contribution < -0.4 is 0 Å². The van der Waals surface area contributed by atoms with E-state index in [-0.39, 0.29) is 18.1 Å². The number of carboxylic acid groups (broad SMARTS) is 1. The Morgan fingerprint density at radius 2 is 2.18 bits per heavy atom. The van der Waals surface area contributed by atoms with Gasteiger partial charge in [-0.15, -0.1) is 0 Å². The summed E-state index contributed by atoms with van der Waals surface area (Å²) in [4.78, 5) is 28.2. The Morgan fingerprint density at radius 3 is 2.95 bits per heavy atom. The Labute approximate surface area is 126 Å². The highest BCUT2D eigenvalue weighted by Crippen LogP contribution is 2.23. The summed E-state index contributed by atoms with van der Waals surface area (Å²) in [7, 11) is 0. The van der Waals surface area contributed by atoms with Crippen molar-refractivity contribution in [3.63, 3.8) is 0 Å². The zero-order valence-electron chi connectivity index (χ0n) is 12.0. The van der Waals surface area contributed by atoms with Gasteiger partial charge >= 0.3 is 5.97 Å². The molecule has 0 aliphatic carbocycles. The Morgan fingerprint density at radius 1 is 1.36 bits per heavy atom. The lowest BCUT2D eigenvalue weighted by atomic mass is 10.0. The predicted molar refractivity (Wildman–Crippen MR) is 78.9 cm³/mol. The first-order valence-corrected chi connectivity index (χ1v) is 7.34. The number of nitrogens with zero attached hydrogens (tertiary/aromatic N) is 1. The third kappa shape index (κ3) is 2.68. The van der Waals surface area contributed by atoms with E-state index in [0.29, 0.717) is 23.9 Å². The van der Waals surface area contributed by atoms with Crippen LogP contribution in [0.2, 0.25) is 0 Å². The van der Waals surface area contributed by atoms with Gasteiger partial charge in [-0.1, -0.05) is 0 Å². The van der Waals surface area contributed by atoms with Gasteiger partial charge in [0.2, 0.25) is 5.91 Å². The van der Waals surface area contributed by atoms with Gasteiger partial charge in [0.15, 0.2) is 0 Å². The number of carboxylic acids is 1. The molecular formula is C16H17FN2O3. The normalized spacial score (nSPS) is 18.6. The molecule has 2 heterocycles. The highest BCUT2D eigenvalue weighted by molar-refractivity contribution is 5.90. The van der Waals surface area contributed by atoms with Gasteiger partial charge in [-0.3, -0.25) is 4.79 Å². The lowest BCUT2D eigenvalue weighted by molar-refractivity contribution is -0.151. The Hall–Kier alpha value is -2.37. The van der Waals surface area contributed by atoms with Crippen LogP contribution in [-0.4, -0.2) is 39.5 Å². The molecule has 1 saturated heterocycles. The monoisotopic (exact) mass is 304 g/mol. The van der Waals surface area contributed by atoms with Crippen molar-refractivity contribution in [3.8, 4) is 0 Å². The molecule has 1 aromatic heterocycles. The predicted octanol–water partition coefficient (Wildman–Crippen LogP) is 2.32. The fourth-order valence-electron chi connectivity index (χ4n) is 3.05. The van der Waals surface area contributed by atoms with Crippen molar-refractivity contribution >= 4 is 22.8 Å². The number of nitrogens with one attached hydrogen (secondary N) is 1. The first-order chi connectivity index (χ1) is 10.6. The first-order valence-electron chi connectivity index (χ1n) is 7.34. The van der Waals surface area contributed by atoms with Crippen LogP contribution in [0.4, 0.5) is 4.39 Å². The summed E-state index contributed by atoms with van der Waals surface area (Å²) in [6.45, 7) is 0.465. The highest BCUT2D eigenvalue weighted by atomic mass is 19.1. The van der Waals surface area contributed by atoms with Crippen molar-refractivity contribution in [2.24, 2.45) is 0 Å². The average Bonchev–Trinajstić information content (AvgIpc) is 2.89. The van der Waals surface area contributed by atoms with Gasteiger partial charge < -0.3 is 15.0 Å². The molecule has 0 bridgehead atoms. The van der Waals surface area contributed by atoms with E-state index in [4.69, 9.17) is 0 Å². The summed E-state index contributed by atoms with van der Waals surface area (Å²) in [6.07, 6.45) is 3.88. The Balaban J connectivity index is 1.83. The van der Waals surface area contributed by atoms with E-state index >= 15 is 0 Å². The SMILES string of the molecule is O=C(O)[C@H]1CCCCN1C(=O)Cc1c[nH]c2ccc(F)cc12. The van der Waals surface area contributed by atoms with E-state index < -0.39 is 12.0 Å². The number of piperidine rings is 1. The maximum absolute atomic E-state index is 13.4. The maximum atomic E-state index is 13.4. The van der Waals surface area contributed by atoms with Gasteiger partial charge in [-0.2, -0.15) is 0 Å².